The Kier molecular flexibility index (Phi) is 8.11. The van der Waals surface area contributed by atoms with Crippen LogP contribution in [0.4, 0.5) is 0 Å². The van der Waals surface area contributed by atoms with Gasteiger partial charge in [-0.15, -0.1) is 0 Å². The molecule has 6 aromatic rings. The Balaban J connectivity index is 1.34. The number of carbonyl (C=O) groups is 1. The van der Waals surface area contributed by atoms with Crippen molar-refractivity contribution >= 4 is 63.2 Å². The highest BCUT2D eigenvalue weighted by atomic mass is 35.5. The van der Waals surface area contributed by atoms with E-state index in [9.17, 15) is 9.59 Å². The molecule has 4 aromatic carbocycles. The predicted molar refractivity (Wildman–Crippen MR) is 191 cm³/mol. The van der Waals surface area contributed by atoms with Gasteiger partial charge in [0.05, 0.1) is 28.5 Å². The van der Waals surface area contributed by atoms with Crippen molar-refractivity contribution in [2.24, 2.45) is 4.99 Å². The Hall–Kier alpha value is -5.09. The molecule has 0 amide bonds. The number of ether oxygens (including phenoxy) is 3. The smallest absolute Gasteiger partial charge is 0.338 e. The number of carbonyl (C=O) groups excluding carboxylic acids is 1. The van der Waals surface area contributed by atoms with Crippen LogP contribution in [0.3, 0.4) is 0 Å². The second-order valence-electron chi connectivity index (χ2n) is 11.5. The standard InChI is InChI=1S/C38H27Cl2N3O5S/c1-2-46-37(45)33-34(22-8-4-3-5-9-22)41-38-43(35(33)23-13-15-30-31(16-23)48-21-47-30)36(44)32(49-38)17-25-20-42(29-11-7-6-10-27(25)29)19-24-12-14-26(39)18-28(24)40/h3-18,20,35H,2,19,21H2,1H3/b32-17+/t35-/m0/s1. The normalized spacial score (nSPS) is 15.4. The molecule has 4 heterocycles. The summed E-state index contributed by atoms with van der Waals surface area (Å²) < 4.78 is 21.0. The van der Waals surface area contributed by atoms with Crippen LogP contribution in [0.5, 0.6) is 11.5 Å². The minimum absolute atomic E-state index is 0.0925. The van der Waals surface area contributed by atoms with Gasteiger partial charge < -0.3 is 18.8 Å². The summed E-state index contributed by atoms with van der Waals surface area (Å²) >= 11 is 14.0. The summed E-state index contributed by atoms with van der Waals surface area (Å²) in [6, 6.07) is 27.6. The van der Waals surface area contributed by atoms with E-state index in [1.54, 1.807) is 23.6 Å². The van der Waals surface area contributed by atoms with Gasteiger partial charge in [-0.2, -0.15) is 0 Å². The summed E-state index contributed by atoms with van der Waals surface area (Å²) in [5, 5.41) is 2.13. The number of para-hydroxylation sites is 1. The number of benzene rings is 4. The Morgan fingerprint density at radius 2 is 1.80 bits per heavy atom. The minimum atomic E-state index is -0.837. The second kappa shape index (κ2) is 12.7. The van der Waals surface area contributed by atoms with E-state index in [0.717, 1.165) is 27.6 Å². The SMILES string of the molecule is CCOC(=O)C1=C(c2ccccc2)N=c2s/c(=C/c3cn(Cc4ccc(Cl)cc4Cl)c4ccccc34)c(=O)n2[C@H]1c1ccc2c(c1)OCO2. The average Bonchev–Trinajstić information content (AvgIpc) is 3.81. The molecule has 0 fully saturated rings. The molecule has 0 N–H and O–H groups in total. The topological polar surface area (TPSA) is 84.1 Å². The largest absolute Gasteiger partial charge is 0.463 e. The van der Waals surface area contributed by atoms with Crippen LogP contribution in [0.1, 0.15) is 35.2 Å². The molecule has 2 aliphatic heterocycles. The molecule has 0 saturated carbocycles. The van der Waals surface area contributed by atoms with Gasteiger partial charge in [0.25, 0.3) is 5.56 Å². The van der Waals surface area contributed by atoms with Crippen molar-refractivity contribution in [3.63, 3.8) is 0 Å². The summed E-state index contributed by atoms with van der Waals surface area (Å²) in [5.41, 5.74) is 4.60. The Labute approximate surface area is 294 Å². The van der Waals surface area contributed by atoms with Crippen LogP contribution < -0.4 is 24.4 Å². The van der Waals surface area contributed by atoms with Crippen molar-refractivity contribution < 1.29 is 19.0 Å². The first-order chi connectivity index (χ1) is 23.9. The maximum atomic E-state index is 14.5. The molecule has 0 unspecified atom stereocenters. The number of esters is 1. The number of hydrogen-bond acceptors (Lipinski definition) is 7. The van der Waals surface area contributed by atoms with Gasteiger partial charge in [-0.1, -0.05) is 95.2 Å². The van der Waals surface area contributed by atoms with E-state index < -0.39 is 12.0 Å². The first-order valence-electron chi connectivity index (χ1n) is 15.6. The molecule has 1 atom stereocenters. The highest BCUT2D eigenvalue weighted by Crippen LogP contribution is 2.40. The maximum Gasteiger partial charge on any atom is 0.338 e. The van der Waals surface area contributed by atoms with Crippen LogP contribution in [0.15, 0.2) is 113 Å². The molecule has 0 aliphatic carbocycles. The number of fused-ring (bicyclic) bond motifs is 3. The third-order valence-electron chi connectivity index (χ3n) is 8.55. The third kappa shape index (κ3) is 5.63. The maximum absolute atomic E-state index is 14.5. The predicted octanol–water partition coefficient (Wildman–Crippen LogP) is 6.97. The van der Waals surface area contributed by atoms with Gasteiger partial charge in [-0.05, 0) is 54.5 Å². The molecule has 8 rings (SSSR count). The molecule has 0 bridgehead atoms. The van der Waals surface area contributed by atoms with Gasteiger partial charge in [-0.3, -0.25) is 9.36 Å². The first-order valence-corrected chi connectivity index (χ1v) is 17.2. The Morgan fingerprint density at radius 3 is 2.61 bits per heavy atom. The molecule has 0 saturated heterocycles. The number of hydrogen-bond donors (Lipinski definition) is 0. The van der Waals surface area contributed by atoms with Gasteiger partial charge >= 0.3 is 5.97 Å². The van der Waals surface area contributed by atoms with Crippen molar-refractivity contribution in [2.75, 3.05) is 13.4 Å². The van der Waals surface area contributed by atoms with Crippen molar-refractivity contribution in [3.05, 3.63) is 155 Å². The van der Waals surface area contributed by atoms with Gasteiger partial charge in [0.2, 0.25) is 6.79 Å². The molecule has 0 spiro atoms. The molecular weight excluding hydrogens is 681 g/mol. The van der Waals surface area contributed by atoms with E-state index >= 15 is 0 Å². The summed E-state index contributed by atoms with van der Waals surface area (Å²) in [6.07, 6.45) is 3.90. The zero-order chi connectivity index (χ0) is 33.6. The summed E-state index contributed by atoms with van der Waals surface area (Å²) in [6.45, 7) is 2.52. The molecule has 0 radical (unpaired) electrons. The van der Waals surface area contributed by atoms with Crippen molar-refractivity contribution in [1.29, 1.82) is 0 Å². The van der Waals surface area contributed by atoms with Gasteiger partial charge in [0.1, 0.15) is 0 Å². The van der Waals surface area contributed by atoms with E-state index in [1.165, 1.54) is 11.3 Å². The van der Waals surface area contributed by atoms with Crippen LogP contribution in [0.25, 0.3) is 22.7 Å². The van der Waals surface area contributed by atoms with Crippen LogP contribution >= 0.6 is 34.5 Å². The molecule has 244 valence electrons. The lowest BCUT2D eigenvalue weighted by molar-refractivity contribution is -0.138. The quantitative estimate of drug-likeness (QED) is 0.167. The molecule has 11 heteroatoms. The number of aromatic nitrogens is 2. The first kappa shape index (κ1) is 31.2. The molecule has 2 aromatic heterocycles. The molecule has 49 heavy (non-hydrogen) atoms. The van der Waals surface area contributed by atoms with Crippen LogP contribution in [-0.4, -0.2) is 28.5 Å². The monoisotopic (exact) mass is 707 g/mol. The van der Waals surface area contributed by atoms with Gasteiger partial charge in [0.15, 0.2) is 16.3 Å². The van der Waals surface area contributed by atoms with Crippen LogP contribution in [0.2, 0.25) is 10.0 Å². The fraction of sp³-hybridized carbons (Fsp3) is 0.132. The van der Waals surface area contributed by atoms with E-state index in [2.05, 4.69) is 4.57 Å². The summed E-state index contributed by atoms with van der Waals surface area (Å²) in [5.74, 6) is 0.582. The van der Waals surface area contributed by atoms with E-state index in [4.69, 9.17) is 42.4 Å². The minimum Gasteiger partial charge on any atom is -0.463 e. The van der Waals surface area contributed by atoms with Crippen molar-refractivity contribution in [1.82, 2.24) is 9.13 Å². The van der Waals surface area contributed by atoms with Gasteiger partial charge in [-0.25, -0.2) is 9.79 Å². The number of thiazole rings is 1. The number of nitrogens with zero attached hydrogens (tertiary/aromatic N) is 3. The number of rotatable bonds is 7. The fourth-order valence-electron chi connectivity index (χ4n) is 6.33. The van der Waals surface area contributed by atoms with Gasteiger partial charge in [0, 0.05) is 44.8 Å². The zero-order valence-corrected chi connectivity index (χ0v) is 28.4. The average molecular weight is 709 g/mol. The van der Waals surface area contributed by atoms with Crippen molar-refractivity contribution in [3.8, 4) is 11.5 Å². The Morgan fingerprint density at radius 1 is 1.00 bits per heavy atom. The lowest BCUT2D eigenvalue weighted by Gasteiger charge is -2.26. The fourth-order valence-corrected chi connectivity index (χ4v) is 7.79. The second-order valence-corrected chi connectivity index (χ2v) is 13.4. The Bertz CT molecular complexity index is 2500. The van der Waals surface area contributed by atoms with Crippen molar-refractivity contribution in [2.45, 2.75) is 19.5 Å². The highest BCUT2D eigenvalue weighted by molar-refractivity contribution is 7.07. The summed E-state index contributed by atoms with van der Waals surface area (Å²) in [4.78, 5) is 33.8. The molecular formula is C38H27Cl2N3O5S. The van der Waals surface area contributed by atoms with Crippen LogP contribution in [0, 0.1) is 0 Å². The number of halogens is 2. The third-order valence-corrected chi connectivity index (χ3v) is 10.1. The lowest BCUT2D eigenvalue weighted by Crippen LogP contribution is -2.40. The molecule has 2 aliphatic rings. The molecule has 8 nitrogen and oxygen atoms in total. The van der Waals surface area contributed by atoms with Crippen LogP contribution in [-0.2, 0) is 16.1 Å². The highest BCUT2D eigenvalue weighted by Gasteiger charge is 2.36. The zero-order valence-electron chi connectivity index (χ0n) is 26.1. The van der Waals surface area contributed by atoms with E-state index in [0.29, 0.717) is 48.7 Å². The summed E-state index contributed by atoms with van der Waals surface area (Å²) in [7, 11) is 0. The van der Waals surface area contributed by atoms with E-state index in [1.807, 2.05) is 91.1 Å². The lowest BCUT2D eigenvalue weighted by atomic mass is 9.93. The van der Waals surface area contributed by atoms with E-state index in [-0.39, 0.29) is 24.5 Å².